The van der Waals surface area contributed by atoms with Crippen LogP contribution in [0, 0.1) is 5.92 Å². The Balaban J connectivity index is 2.66. The summed E-state index contributed by atoms with van der Waals surface area (Å²) in [6.45, 7) is 3.78. The number of allylic oxidation sites excluding steroid dienone is 1. The predicted molar refractivity (Wildman–Crippen MR) is 70.6 cm³/mol. The largest absolute Gasteiger partial charge is 0.579 e. The van der Waals surface area contributed by atoms with Crippen molar-refractivity contribution in [2.24, 2.45) is 16.6 Å². The van der Waals surface area contributed by atoms with Gasteiger partial charge in [-0.3, -0.25) is 0 Å². The Bertz CT molecular complexity index is 464. The SMILES string of the molecule is CC(C)C(N)=CC([OH2+])=NC(=O)Oc1ccccc1. The van der Waals surface area contributed by atoms with Crippen LogP contribution in [0.2, 0.25) is 0 Å². The molecule has 0 unspecified atom stereocenters. The lowest BCUT2D eigenvalue weighted by molar-refractivity contribution is 0.211. The number of amides is 1. The van der Waals surface area contributed by atoms with E-state index in [2.05, 4.69) is 4.99 Å². The van der Waals surface area contributed by atoms with Crippen LogP contribution in [0.15, 0.2) is 47.1 Å². The molecule has 4 N–H and O–H groups in total. The smallest absolute Gasteiger partial charge is 0.446 e. The lowest BCUT2D eigenvalue weighted by Gasteiger charge is -2.02. The van der Waals surface area contributed by atoms with Crippen molar-refractivity contribution in [2.75, 3.05) is 0 Å². The van der Waals surface area contributed by atoms with Gasteiger partial charge in [-0.05, 0) is 18.1 Å². The maximum absolute atomic E-state index is 11.4. The van der Waals surface area contributed by atoms with Crippen LogP contribution in [-0.2, 0) is 0 Å². The van der Waals surface area contributed by atoms with Gasteiger partial charge in [0.15, 0.2) is 0 Å². The molecule has 0 bridgehead atoms. The monoisotopic (exact) mass is 249 g/mol. The summed E-state index contributed by atoms with van der Waals surface area (Å²) in [5, 5.41) is 7.48. The second-order valence-electron chi connectivity index (χ2n) is 3.98. The van der Waals surface area contributed by atoms with Crippen LogP contribution in [-0.4, -0.2) is 17.1 Å². The average molecular weight is 249 g/mol. The normalized spacial score (nSPS) is 12.6. The summed E-state index contributed by atoms with van der Waals surface area (Å²) < 4.78 is 4.91. The number of nitrogens with zero attached hydrogens (tertiary/aromatic N) is 1. The minimum absolute atomic E-state index is 0.102. The van der Waals surface area contributed by atoms with Gasteiger partial charge in [-0.1, -0.05) is 37.0 Å². The highest BCUT2D eigenvalue weighted by Gasteiger charge is 2.08. The summed E-state index contributed by atoms with van der Waals surface area (Å²) in [4.78, 5) is 14.8. The van der Waals surface area contributed by atoms with E-state index in [9.17, 15) is 4.79 Å². The van der Waals surface area contributed by atoms with E-state index in [1.807, 2.05) is 19.9 Å². The zero-order valence-corrected chi connectivity index (χ0v) is 10.4. The van der Waals surface area contributed by atoms with Gasteiger partial charge in [0.1, 0.15) is 5.75 Å². The first-order valence-electron chi connectivity index (χ1n) is 5.53. The maximum atomic E-state index is 11.4. The number of nitrogens with two attached hydrogens (primary N) is 1. The van der Waals surface area contributed by atoms with Crippen LogP contribution in [0.1, 0.15) is 13.8 Å². The highest BCUT2D eigenvalue weighted by atomic mass is 16.5. The molecular formula is C13H17N2O3+. The van der Waals surface area contributed by atoms with E-state index in [0.29, 0.717) is 11.4 Å². The van der Waals surface area contributed by atoms with Crippen LogP contribution < -0.4 is 10.5 Å². The molecule has 1 aromatic rings. The van der Waals surface area contributed by atoms with E-state index in [1.165, 1.54) is 6.08 Å². The Morgan fingerprint density at radius 3 is 2.56 bits per heavy atom. The second-order valence-corrected chi connectivity index (χ2v) is 3.98. The molecule has 0 aliphatic heterocycles. The second kappa shape index (κ2) is 6.44. The number of carbonyl (C=O) groups is 1. The molecule has 0 fully saturated rings. The summed E-state index contributed by atoms with van der Waals surface area (Å²) in [6.07, 6.45) is 0.510. The maximum Gasteiger partial charge on any atom is 0.446 e. The fourth-order valence-electron chi connectivity index (χ4n) is 1.07. The van der Waals surface area contributed by atoms with Gasteiger partial charge in [0, 0.05) is 5.70 Å². The van der Waals surface area contributed by atoms with Crippen molar-refractivity contribution in [3.8, 4) is 5.75 Å². The third-order valence-corrected chi connectivity index (χ3v) is 2.13. The predicted octanol–water partition coefficient (Wildman–Crippen LogP) is 1.81. The molecule has 1 rings (SSSR count). The van der Waals surface area contributed by atoms with E-state index < -0.39 is 6.09 Å². The lowest BCUT2D eigenvalue weighted by Crippen LogP contribution is -2.10. The zero-order chi connectivity index (χ0) is 13.5. The van der Waals surface area contributed by atoms with E-state index >= 15 is 0 Å². The molecule has 0 heterocycles. The first kappa shape index (κ1) is 13.8. The summed E-state index contributed by atoms with van der Waals surface area (Å²) >= 11 is 0. The van der Waals surface area contributed by atoms with E-state index in [-0.39, 0.29) is 11.8 Å². The van der Waals surface area contributed by atoms with Crippen molar-refractivity contribution in [2.45, 2.75) is 13.8 Å². The quantitative estimate of drug-likeness (QED) is 0.503. The highest BCUT2D eigenvalue weighted by molar-refractivity contribution is 5.94. The molecule has 5 heteroatoms. The molecule has 0 saturated carbocycles. The molecule has 1 aromatic carbocycles. The molecule has 18 heavy (non-hydrogen) atoms. The zero-order valence-electron chi connectivity index (χ0n) is 10.4. The number of hydrogen-bond acceptors (Lipinski definition) is 3. The van der Waals surface area contributed by atoms with Gasteiger partial charge in [0.25, 0.3) is 0 Å². The topological polar surface area (TPSA) is 87.6 Å². The van der Waals surface area contributed by atoms with Crippen LogP contribution in [0.5, 0.6) is 5.75 Å². The molecule has 1 amide bonds. The molecule has 0 radical (unpaired) electrons. The Kier molecular flexibility index (Phi) is 4.92. The van der Waals surface area contributed by atoms with E-state index in [4.69, 9.17) is 15.6 Å². The summed E-state index contributed by atoms with van der Waals surface area (Å²) in [5.41, 5.74) is 6.15. The summed E-state index contributed by atoms with van der Waals surface area (Å²) in [5.74, 6) is 0.271. The van der Waals surface area contributed by atoms with Gasteiger partial charge in [-0.15, -0.1) is 0 Å². The van der Waals surface area contributed by atoms with Crippen molar-refractivity contribution in [1.82, 2.24) is 0 Å². The van der Waals surface area contributed by atoms with Gasteiger partial charge in [-0.2, -0.15) is 0 Å². The number of para-hydroxylation sites is 1. The first-order chi connectivity index (χ1) is 8.49. The van der Waals surface area contributed by atoms with Crippen molar-refractivity contribution >= 4 is 12.0 Å². The van der Waals surface area contributed by atoms with Crippen LogP contribution in [0.3, 0.4) is 0 Å². The Morgan fingerprint density at radius 2 is 2.00 bits per heavy atom. The summed E-state index contributed by atoms with van der Waals surface area (Å²) in [7, 11) is 0. The lowest BCUT2D eigenvalue weighted by atomic mass is 10.1. The number of carbonyl (C=O) groups excluding carboxylic acids is 1. The third kappa shape index (κ3) is 4.69. The standard InChI is InChI=1S/C13H16N2O3/c1-9(2)11(14)8-12(16)15-13(17)18-10-6-4-3-5-7-10/h3-9H,14H2,1-2H3,(H,15,16,17)/p+1. The van der Waals surface area contributed by atoms with E-state index in [0.717, 1.165) is 0 Å². The number of aliphatic imine (C=N–C) groups is 1. The van der Waals surface area contributed by atoms with Crippen LogP contribution in [0.25, 0.3) is 0 Å². The molecule has 96 valence electrons. The first-order valence-corrected chi connectivity index (χ1v) is 5.53. The minimum atomic E-state index is -0.834. The van der Waals surface area contributed by atoms with Crippen LogP contribution >= 0.6 is 0 Å². The highest BCUT2D eigenvalue weighted by Crippen LogP contribution is 2.09. The Morgan fingerprint density at radius 1 is 1.39 bits per heavy atom. The van der Waals surface area contributed by atoms with Gasteiger partial charge in [0.05, 0.1) is 6.08 Å². The molecule has 0 saturated heterocycles. The molecule has 0 aromatic heterocycles. The number of rotatable bonds is 3. The molecule has 5 nitrogen and oxygen atoms in total. The molecule has 0 spiro atoms. The number of hydrogen-bond donors (Lipinski definition) is 1. The fourth-order valence-corrected chi connectivity index (χ4v) is 1.07. The Hall–Kier alpha value is -2.30. The van der Waals surface area contributed by atoms with Gasteiger partial charge < -0.3 is 15.6 Å². The van der Waals surface area contributed by atoms with Crippen LogP contribution in [0.4, 0.5) is 4.79 Å². The van der Waals surface area contributed by atoms with Gasteiger partial charge in [0.2, 0.25) is 0 Å². The molecule has 0 atom stereocenters. The van der Waals surface area contributed by atoms with Crippen molar-refractivity contribution in [1.29, 1.82) is 0 Å². The third-order valence-electron chi connectivity index (χ3n) is 2.13. The molecular weight excluding hydrogens is 232 g/mol. The summed E-state index contributed by atoms with van der Waals surface area (Å²) in [6, 6.07) is 8.56. The Labute approximate surface area is 106 Å². The van der Waals surface area contributed by atoms with Crippen molar-refractivity contribution in [3.05, 3.63) is 42.1 Å². The molecule has 0 aliphatic rings. The number of ether oxygens (including phenoxy) is 1. The van der Waals surface area contributed by atoms with Gasteiger partial charge >= 0.3 is 12.0 Å². The minimum Gasteiger partial charge on any atom is -0.579 e. The fraction of sp³-hybridized carbons (Fsp3) is 0.231. The molecule has 0 aliphatic carbocycles. The van der Waals surface area contributed by atoms with E-state index in [1.54, 1.807) is 24.3 Å². The van der Waals surface area contributed by atoms with Crippen molar-refractivity contribution in [3.63, 3.8) is 0 Å². The average Bonchev–Trinajstić information content (AvgIpc) is 2.29. The number of benzene rings is 1. The van der Waals surface area contributed by atoms with Gasteiger partial charge in [-0.25, -0.2) is 4.79 Å². The van der Waals surface area contributed by atoms with Crippen molar-refractivity contribution < 1.29 is 14.6 Å².